The number of rotatable bonds is 6. The average Bonchev–Trinajstić information content (AvgIpc) is 2.34. The van der Waals surface area contributed by atoms with Crippen LogP contribution in [0.1, 0.15) is 20.8 Å². The Bertz CT molecular complexity index is 424. The standard InChI is InChI=1S/C14H21FN2O2/c1-9(8-17-14(18)10(2)11(3)16)19-13-6-4-5-12(15)7-13/h4-7,9-11H,8,16H2,1-3H3,(H,17,18). The second kappa shape index (κ2) is 7.09. The van der Waals surface area contributed by atoms with E-state index in [1.165, 1.54) is 12.1 Å². The summed E-state index contributed by atoms with van der Waals surface area (Å²) in [5.41, 5.74) is 5.65. The Hall–Kier alpha value is -1.62. The number of carbonyl (C=O) groups is 1. The highest BCUT2D eigenvalue weighted by atomic mass is 19.1. The predicted octanol–water partition coefficient (Wildman–Crippen LogP) is 1.69. The van der Waals surface area contributed by atoms with Gasteiger partial charge >= 0.3 is 0 Å². The molecule has 3 N–H and O–H groups in total. The third-order valence-electron chi connectivity index (χ3n) is 2.90. The molecule has 0 fully saturated rings. The molecular formula is C14H21FN2O2. The highest BCUT2D eigenvalue weighted by molar-refractivity contribution is 5.78. The summed E-state index contributed by atoms with van der Waals surface area (Å²) in [7, 11) is 0. The summed E-state index contributed by atoms with van der Waals surface area (Å²) in [5.74, 6) is -0.257. The van der Waals surface area contributed by atoms with E-state index in [0.29, 0.717) is 12.3 Å². The fourth-order valence-corrected chi connectivity index (χ4v) is 1.46. The first kappa shape index (κ1) is 15.4. The molecule has 0 saturated heterocycles. The van der Waals surface area contributed by atoms with Gasteiger partial charge in [0.2, 0.25) is 5.91 Å². The molecule has 0 spiro atoms. The van der Waals surface area contributed by atoms with Gasteiger partial charge in [0.05, 0.1) is 6.54 Å². The largest absolute Gasteiger partial charge is 0.489 e. The molecule has 3 atom stereocenters. The highest BCUT2D eigenvalue weighted by Crippen LogP contribution is 2.13. The Morgan fingerprint density at radius 3 is 2.68 bits per heavy atom. The summed E-state index contributed by atoms with van der Waals surface area (Å²) in [6.07, 6.45) is -0.244. The van der Waals surface area contributed by atoms with E-state index in [4.69, 9.17) is 10.5 Å². The molecule has 3 unspecified atom stereocenters. The van der Waals surface area contributed by atoms with Crippen molar-refractivity contribution in [2.45, 2.75) is 32.9 Å². The smallest absolute Gasteiger partial charge is 0.224 e. The summed E-state index contributed by atoms with van der Waals surface area (Å²) >= 11 is 0. The molecule has 0 heterocycles. The van der Waals surface area contributed by atoms with Gasteiger partial charge in [0.25, 0.3) is 0 Å². The Labute approximate surface area is 113 Å². The summed E-state index contributed by atoms with van der Waals surface area (Å²) in [4.78, 5) is 11.7. The van der Waals surface area contributed by atoms with Gasteiger partial charge in [-0.1, -0.05) is 13.0 Å². The third kappa shape index (κ3) is 5.26. The van der Waals surface area contributed by atoms with Crippen LogP contribution >= 0.6 is 0 Å². The average molecular weight is 268 g/mol. The van der Waals surface area contributed by atoms with Crippen molar-refractivity contribution in [2.75, 3.05) is 6.54 Å². The van der Waals surface area contributed by atoms with Gasteiger partial charge in [-0.25, -0.2) is 4.39 Å². The zero-order valence-electron chi connectivity index (χ0n) is 11.5. The minimum Gasteiger partial charge on any atom is -0.489 e. The first-order valence-corrected chi connectivity index (χ1v) is 6.35. The van der Waals surface area contributed by atoms with Crippen LogP contribution in [0.2, 0.25) is 0 Å². The topological polar surface area (TPSA) is 64.4 Å². The van der Waals surface area contributed by atoms with Crippen LogP contribution in [0, 0.1) is 11.7 Å². The van der Waals surface area contributed by atoms with E-state index in [2.05, 4.69) is 5.32 Å². The molecule has 0 aliphatic rings. The molecule has 5 heteroatoms. The lowest BCUT2D eigenvalue weighted by Gasteiger charge is -2.19. The maximum absolute atomic E-state index is 13.0. The van der Waals surface area contributed by atoms with Crippen molar-refractivity contribution in [1.82, 2.24) is 5.32 Å². The Balaban J connectivity index is 2.40. The molecule has 1 rings (SSSR count). The van der Waals surface area contributed by atoms with E-state index in [1.807, 2.05) is 6.92 Å². The number of hydrogen-bond donors (Lipinski definition) is 2. The van der Waals surface area contributed by atoms with Crippen LogP contribution < -0.4 is 15.8 Å². The molecule has 0 aromatic heterocycles. The van der Waals surface area contributed by atoms with E-state index in [-0.39, 0.29) is 29.8 Å². The van der Waals surface area contributed by atoms with E-state index in [0.717, 1.165) is 0 Å². The molecule has 106 valence electrons. The maximum Gasteiger partial charge on any atom is 0.224 e. The number of hydrogen-bond acceptors (Lipinski definition) is 3. The van der Waals surface area contributed by atoms with Gasteiger partial charge < -0.3 is 15.8 Å². The van der Waals surface area contributed by atoms with Crippen LogP contribution in [0.4, 0.5) is 4.39 Å². The van der Waals surface area contributed by atoms with Crippen molar-refractivity contribution >= 4 is 5.91 Å². The lowest BCUT2D eigenvalue weighted by Crippen LogP contribution is -2.42. The first-order chi connectivity index (χ1) is 8.90. The van der Waals surface area contributed by atoms with Crippen LogP contribution in [0.15, 0.2) is 24.3 Å². The van der Waals surface area contributed by atoms with Crippen molar-refractivity contribution in [3.05, 3.63) is 30.1 Å². The van der Waals surface area contributed by atoms with Gasteiger partial charge in [-0.05, 0) is 26.0 Å². The number of nitrogens with one attached hydrogen (secondary N) is 1. The number of nitrogens with two attached hydrogens (primary N) is 1. The van der Waals surface area contributed by atoms with Crippen molar-refractivity contribution in [2.24, 2.45) is 11.7 Å². The molecule has 0 bridgehead atoms. The number of ether oxygens (including phenoxy) is 1. The minimum absolute atomic E-state index is 0.107. The Morgan fingerprint density at radius 2 is 2.11 bits per heavy atom. The molecule has 0 saturated carbocycles. The van der Waals surface area contributed by atoms with Gasteiger partial charge in [0, 0.05) is 18.0 Å². The monoisotopic (exact) mass is 268 g/mol. The number of amides is 1. The van der Waals surface area contributed by atoms with Crippen molar-refractivity contribution in [3.63, 3.8) is 0 Å². The first-order valence-electron chi connectivity index (χ1n) is 6.35. The van der Waals surface area contributed by atoms with E-state index in [9.17, 15) is 9.18 Å². The molecule has 1 aromatic carbocycles. The van der Waals surface area contributed by atoms with Gasteiger partial charge in [0.15, 0.2) is 0 Å². The number of halogens is 1. The zero-order valence-corrected chi connectivity index (χ0v) is 11.5. The van der Waals surface area contributed by atoms with Crippen molar-refractivity contribution in [3.8, 4) is 5.75 Å². The lowest BCUT2D eigenvalue weighted by molar-refractivity contribution is -0.125. The normalized spacial score (nSPS) is 15.4. The quantitative estimate of drug-likeness (QED) is 0.825. The van der Waals surface area contributed by atoms with E-state index < -0.39 is 0 Å². The van der Waals surface area contributed by atoms with Crippen LogP contribution in [0.5, 0.6) is 5.75 Å². The summed E-state index contributed by atoms with van der Waals surface area (Å²) in [5, 5.41) is 2.76. The van der Waals surface area contributed by atoms with Crippen molar-refractivity contribution in [1.29, 1.82) is 0 Å². The lowest BCUT2D eigenvalue weighted by atomic mass is 10.0. The summed E-state index contributed by atoms with van der Waals surface area (Å²) in [6.45, 7) is 5.73. The third-order valence-corrected chi connectivity index (χ3v) is 2.90. The van der Waals surface area contributed by atoms with E-state index in [1.54, 1.807) is 26.0 Å². The summed E-state index contributed by atoms with van der Waals surface area (Å²) < 4.78 is 18.5. The SMILES string of the molecule is CC(CNC(=O)C(C)C(C)N)Oc1cccc(F)c1. The summed E-state index contributed by atoms with van der Waals surface area (Å²) in [6, 6.07) is 5.71. The van der Waals surface area contributed by atoms with Crippen LogP contribution in [-0.4, -0.2) is 24.6 Å². The minimum atomic E-state index is -0.348. The fraction of sp³-hybridized carbons (Fsp3) is 0.500. The molecule has 1 amide bonds. The Morgan fingerprint density at radius 1 is 1.42 bits per heavy atom. The molecule has 4 nitrogen and oxygen atoms in total. The van der Waals surface area contributed by atoms with Crippen LogP contribution in [0.3, 0.4) is 0 Å². The fourth-order valence-electron chi connectivity index (χ4n) is 1.46. The molecular weight excluding hydrogens is 247 g/mol. The molecule has 0 aliphatic heterocycles. The maximum atomic E-state index is 13.0. The van der Waals surface area contributed by atoms with Gasteiger partial charge in [-0.2, -0.15) is 0 Å². The van der Waals surface area contributed by atoms with Gasteiger partial charge in [0.1, 0.15) is 17.7 Å². The zero-order chi connectivity index (χ0) is 14.4. The highest BCUT2D eigenvalue weighted by Gasteiger charge is 2.17. The Kier molecular flexibility index (Phi) is 5.76. The van der Waals surface area contributed by atoms with Gasteiger partial charge in [-0.3, -0.25) is 4.79 Å². The van der Waals surface area contributed by atoms with Gasteiger partial charge in [-0.15, -0.1) is 0 Å². The van der Waals surface area contributed by atoms with Crippen molar-refractivity contribution < 1.29 is 13.9 Å². The number of benzene rings is 1. The molecule has 0 radical (unpaired) electrons. The predicted molar refractivity (Wildman–Crippen MR) is 72.3 cm³/mol. The number of carbonyl (C=O) groups excluding carboxylic acids is 1. The van der Waals surface area contributed by atoms with E-state index >= 15 is 0 Å². The molecule has 19 heavy (non-hydrogen) atoms. The van der Waals surface area contributed by atoms with Crippen LogP contribution in [-0.2, 0) is 4.79 Å². The molecule has 1 aromatic rings. The second-order valence-corrected chi connectivity index (χ2v) is 4.78. The second-order valence-electron chi connectivity index (χ2n) is 4.78. The van der Waals surface area contributed by atoms with Crippen LogP contribution in [0.25, 0.3) is 0 Å². The molecule has 0 aliphatic carbocycles.